The Balaban J connectivity index is 2.25. The molecule has 6 heteroatoms. The number of aliphatic hydroxyl groups excluding tert-OH is 2. The van der Waals surface area contributed by atoms with Crippen molar-refractivity contribution in [2.45, 2.75) is 49.8 Å². The molecular formula is C11H18O6. The Labute approximate surface area is 99.4 Å². The van der Waals surface area contributed by atoms with Crippen LogP contribution in [0.3, 0.4) is 0 Å². The number of ether oxygens (including phenoxy) is 3. The maximum atomic E-state index is 10.4. The molecule has 0 aromatic rings. The van der Waals surface area contributed by atoms with Crippen molar-refractivity contribution in [2.24, 2.45) is 0 Å². The Kier molecular flexibility index (Phi) is 3.05. The van der Waals surface area contributed by atoms with E-state index < -0.39 is 42.6 Å². The van der Waals surface area contributed by atoms with E-state index in [-0.39, 0.29) is 0 Å². The molecule has 2 aliphatic rings. The first-order chi connectivity index (χ1) is 7.84. The maximum Gasteiger partial charge on any atom is 0.191 e. The highest BCUT2D eigenvalue weighted by molar-refractivity contribution is 5.15. The molecule has 2 heterocycles. The second kappa shape index (κ2) is 4.01. The van der Waals surface area contributed by atoms with Crippen molar-refractivity contribution in [1.29, 1.82) is 0 Å². The molecule has 2 fully saturated rings. The fourth-order valence-corrected chi connectivity index (χ4v) is 2.28. The number of aliphatic hydroxyl groups is 3. The molecule has 0 radical (unpaired) electrons. The lowest BCUT2D eigenvalue weighted by Gasteiger charge is -2.32. The van der Waals surface area contributed by atoms with Crippen LogP contribution in [0.25, 0.3) is 0 Å². The zero-order valence-corrected chi connectivity index (χ0v) is 9.87. The van der Waals surface area contributed by atoms with Crippen molar-refractivity contribution >= 4 is 0 Å². The van der Waals surface area contributed by atoms with Gasteiger partial charge in [-0.2, -0.15) is 0 Å². The molecule has 0 spiro atoms. The highest BCUT2D eigenvalue weighted by atomic mass is 16.8. The third kappa shape index (κ3) is 1.91. The van der Waals surface area contributed by atoms with Gasteiger partial charge in [0.2, 0.25) is 0 Å². The third-order valence-corrected chi connectivity index (χ3v) is 3.11. The van der Waals surface area contributed by atoms with Gasteiger partial charge in [0.1, 0.15) is 23.9 Å². The molecule has 0 aromatic heterocycles. The average Bonchev–Trinajstić information content (AvgIpc) is 2.71. The van der Waals surface area contributed by atoms with Gasteiger partial charge in [-0.15, -0.1) is 6.58 Å². The van der Waals surface area contributed by atoms with Crippen molar-refractivity contribution < 1.29 is 29.5 Å². The molecule has 6 nitrogen and oxygen atoms in total. The predicted octanol–water partition coefficient (Wildman–Crippen LogP) is -0.867. The fourth-order valence-electron chi connectivity index (χ4n) is 2.28. The Morgan fingerprint density at radius 3 is 2.59 bits per heavy atom. The van der Waals surface area contributed by atoms with Crippen molar-refractivity contribution in [3.63, 3.8) is 0 Å². The number of fused-ring (bicyclic) bond motifs is 1. The highest BCUT2D eigenvalue weighted by Gasteiger charge is 2.63. The maximum absolute atomic E-state index is 10.4. The molecule has 0 aromatic carbocycles. The van der Waals surface area contributed by atoms with Crippen LogP contribution in [0.2, 0.25) is 0 Å². The summed E-state index contributed by atoms with van der Waals surface area (Å²) in [5, 5.41) is 29.0. The first kappa shape index (κ1) is 12.9. The van der Waals surface area contributed by atoms with E-state index in [2.05, 4.69) is 6.58 Å². The quantitative estimate of drug-likeness (QED) is 0.561. The summed E-state index contributed by atoms with van der Waals surface area (Å²) in [6, 6.07) is 0. The van der Waals surface area contributed by atoms with Crippen LogP contribution >= 0.6 is 0 Å². The smallest absolute Gasteiger partial charge is 0.191 e. The largest absolute Gasteiger partial charge is 0.394 e. The van der Waals surface area contributed by atoms with Gasteiger partial charge in [-0.1, -0.05) is 6.08 Å². The van der Waals surface area contributed by atoms with Gasteiger partial charge in [-0.25, -0.2) is 0 Å². The van der Waals surface area contributed by atoms with Crippen LogP contribution in [-0.4, -0.2) is 57.9 Å². The molecule has 0 aliphatic carbocycles. The lowest BCUT2D eigenvalue weighted by Crippen LogP contribution is -2.52. The zero-order valence-electron chi connectivity index (χ0n) is 9.87. The normalized spacial score (nSPS) is 45.6. The van der Waals surface area contributed by atoms with Gasteiger partial charge < -0.3 is 29.5 Å². The highest BCUT2D eigenvalue weighted by Crippen LogP contribution is 2.44. The monoisotopic (exact) mass is 246 g/mol. The van der Waals surface area contributed by atoms with E-state index >= 15 is 0 Å². The van der Waals surface area contributed by atoms with Crippen LogP contribution in [0.1, 0.15) is 13.8 Å². The second-order valence-corrected chi connectivity index (χ2v) is 4.82. The molecule has 5 atom stereocenters. The van der Waals surface area contributed by atoms with Gasteiger partial charge in [0.15, 0.2) is 12.1 Å². The minimum atomic E-state index is -1.58. The Bertz CT molecular complexity index is 317. The van der Waals surface area contributed by atoms with Crippen LogP contribution in [0.5, 0.6) is 0 Å². The lowest BCUT2D eigenvalue weighted by atomic mass is 9.89. The Hall–Kier alpha value is -0.500. The Morgan fingerprint density at radius 2 is 2.06 bits per heavy atom. The summed E-state index contributed by atoms with van der Waals surface area (Å²) in [5.41, 5.74) is -1.58. The van der Waals surface area contributed by atoms with Gasteiger partial charge in [-0.05, 0) is 13.8 Å². The molecule has 0 saturated carbocycles. The average molecular weight is 246 g/mol. The van der Waals surface area contributed by atoms with Gasteiger partial charge in [0, 0.05) is 0 Å². The van der Waals surface area contributed by atoms with E-state index in [0.29, 0.717) is 0 Å². The molecule has 2 rings (SSSR count). The molecule has 2 aliphatic heterocycles. The van der Waals surface area contributed by atoms with E-state index in [1.165, 1.54) is 6.08 Å². The van der Waals surface area contributed by atoms with Crippen LogP contribution in [0.4, 0.5) is 0 Å². The van der Waals surface area contributed by atoms with Crippen molar-refractivity contribution in [2.75, 3.05) is 6.61 Å². The minimum absolute atomic E-state index is 0.524. The Morgan fingerprint density at radius 1 is 1.41 bits per heavy atom. The molecule has 17 heavy (non-hydrogen) atoms. The van der Waals surface area contributed by atoms with E-state index in [1.54, 1.807) is 13.8 Å². The van der Waals surface area contributed by atoms with Crippen molar-refractivity contribution in [3.8, 4) is 0 Å². The number of rotatable bonds is 3. The van der Waals surface area contributed by atoms with Crippen LogP contribution in [0.15, 0.2) is 12.7 Å². The summed E-state index contributed by atoms with van der Waals surface area (Å²) in [4.78, 5) is 0. The SMILES string of the molecule is C=C[C@@]1(O)[C@@H]([C@H](O)CO)O[C@@H]2OC(C)(C)O[C@@H]21. The molecule has 0 amide bonds. The standard InChI is InChI=1S/C11H18O6/c1-4-11(14)7(6(13)5-12)15-9-8(11)16-10(2,3)17-9/h4,6-9,12-14H,1,5H2,2-3H3/t6-,7-,8+,9-,11-/m1/s1. The summed E-state index contributed by atoms with van der Waals surface area (Å²) >= 11 is 0. The van der Waals surface area contributed by atoms with Gasteiger partial charge >= 0.3 is 0 Å². The van der Waals surface area contributed by atoms with Crippen LogP contribution in [-0.2, 0) is 14.2 Å². The summed E-state index contributed by atoms with van der Waals surface area (Å²) in [6.45, 7) is 6.42. The molecular weight excluding hydrogens is 228 g/mol. The first-order valence-corrected chi connectivity index (χ1v) is 5.50. The lowest BCUT2D eigenvalue weighted by molar-refractivity contribution is -0.236. The fraction of sp³-hybridized carbons (Fsp3) is 0.818. The molecule has 98 valence electrons. The van der Waals surface area contributed by atoms with Gasteiger partial charge in [-0.3, -0.25) is 0 Å². The number of hydrogen-bond acceptors (Lipinski definition) is 6. The van der Waals surface area contributed by atoms with Crippen molar-refractivity contribution in [1.82, 2.24) is 0 Å². The van der Waals surface area contributed by atoms with Crippen molar-refractivity contribution in [3.05, 3.63) is 12.7 Å². The second-order valence-electron chi connectivity index (χ2n) is 4.82. The predicted molar refractivity (Wildman–Crippen MR) is 56.9 cm³/mol. The summed E-state index contributed by atoms with van der Waals surface area (Å²) in [6.07, 6.45) is -2.53. The molecule has 0 unspecified atom stereocenters. The summed E-state index contributed by atoms with van der Waals surface area (Å²) < 4.78 is 16.4. The summed E-state index contributed by atoms with van der Waals surface area (Å²) in [7, 11) is 0. The van der Waals surface area contributed by atoms with Crippen LogP contribution < -0.4 is 0 Å². The third-order valence-electron chi connectivity index (χ3n) is 3.11. The number of hydrogen-bond donors (Lipinski definition) is 3. The summed E-state index contributed by atoms with van der Waals surface area (Å²) in [5.74, 6) is -0.860. The van der Waals surface area contributed by atoms with E-state index in [9.17, 15) is 10.2 Å². The van der Waals surface area contributed by atoms with E-state index in [0.717, 1.165) is 0 Å². The zero-order chi connectivity index (χ0) is 12.8. The molecule has 2 saturated heterocycles. The molecule has 3 N–H and O–H groups in total. The van der Waals surface area contributed by atoms with Gasteiger partial charge in [0.05, 0.1) is 6.61 Å². The van der Waals surface area contributed by atoms with Gasteiger partial charge in [0.25, 0.3) is 0 Å². The first-order valence-electron chi connectivity index (χ1n) is 5.50. The molecule has 0 bridgehead atoms. The topological polar surface area (TPSA) is 88.4 Å². The van der Waals surface area contributed by atoms with E-state index in [1.807, 2.05) is 0 Å². The van der Waals surface area contributed by atoms with Crippen LogP contribution in [0, 0.1) is 0 Å². The minimum Gasteiger partial charge on any atom is -0.394 e. The van der Waals surface area contributed by atoms with E-state index in [4.69, 9.17) is 19.3 Å².